The molecule has 2 fully saturated rings. The maximum Gasteiger partial charge on any atom is 0.416 e. The van der Waals surface area contributed by atoms with Crippen LogP contribution in [0, 0.1) is 5.41 Å². The molecule has 10 nitrogen and oxygen atoms in total. The van der Waals surface area contributed by atoms with Gasteiger partial charge in [0.2, 0.25) is 17.6 Å². The van der Waals surface area contributed by atoms with E-state index in [1.165, 1.54) is 12.1 Å². The largest absolute Gasteiger partial charge is 0.416 e. The fourth-order valence-electron chi connectivity index (χ4n) is 5.85. The molecule has 3 aliphatic heterocycles. The highest BCUT2D eigenvalue weighted by Crippen LogP contribution is 2.47. The van der Waals surface area contributed by atoms with Crippen molar-refractivity contribution in [1.29, 1.82) is 0 Å². The van der Waals surface area contributed by atoms with Crippen molar-refractivity contribution in [3.8, 4) is 22.8 Å². The lowest BCUT2D eigenvalue weighted by Gasteiger charge is -2.55. The molecule has 4 heterocycles. The van der Waals surface area contributed by atoms with Gasteiger partial charge >= 0.3 is 12.2 Å². The lowest BCUT2D eigenvalue weighted by molar-refractivity contribution is -0.153. The zero-order valence-electron chi connectivity index (χ0n) is 20.7. The molecule has 3 aliphatic rings. The first-order valence-electron chi connectivity index (χ1n) is 12.2. The van der Waals surface area contributed by atoms with E-state index in [9.17, 15) is 27.6 Å². The maximum absolute atomic E-state index is 13.3. The summed E-state index contributed by atoms with van der Waals surface area (Å²) in [6.07, 6.45) is -5.14. The van der Waals surface area contributed by atoms with Crippen LogP contribution in [0.1, 0.15) is 25.0 Å². The highest BCUT2D eigenvalue weighted by atomic mass is 19.4. The molecule has 0 unspecified atom stereocenters. The highest BCUT2D eigenvalue weighted by Gasteiger charge is 2.62. The van der Waals surface area contributed by atoms with E-state index in [2.05, 4.69) is 20.8 Å². The van der Waals surface area contributed by atoms with Gasteiger partial charge in [-0.2, -0.15) is 18.2 Å². The van der Waals surface area contributed by atoms with Crippen molar-refractivity contribution in [3.05, 3.63) is 53.6 Å². The molecule has 6 rings (SSSR count). The first-order valence-corrected chi connectivity index (χ1v) is 12.2. The van der Waals surface area contributed by atoms with Crippen molar-refractivity contribution in [2.45, 2.75) is 44.7 Å². The monoisotopic (exact) mass is 541 g/mol. The fraction of sp³-hybridized carbons (Fsp3) is 0.346. The SMILES string of the molecule is C[C@@H]1CN2c3ccc(-c4noc(-c5ccc(C(F)(F)F)cc5)n4)cc3CC3(C(=O)NC(=O)NC3=O)[C@H]2[C@H](C)O1. The molecule has 0 saturated carbocycles. The van der Waals surface area contributed by atoms with Crippen LogP contribution in [0.25, 0.3) is 22.8 Å². The molecular formula is C26H22F3N5O5. The summed E-state index contributed by atoms with van der Waals surface area (Å²) in [5.74, 6) is -1.18. The van der Waals surface area contributed by atoms with E-state index in [0.717, 1.165) is 17.8 Å². The van der Waals surface area contributed by atoms with Gasteiger partial charge in [0, 0.05) is 23.4 Å². The number of benzene rings is 2. The summed E-state index contributed by atoms with van der Waals surface area (Å²) < 4.78 is 50.0. The molecule has 2 N–H and O–H groups in total. The van der Waals surface area contributed by atoms with Crippen LogP contribution in [-0.2, 0) is 26.9 Å². The van der Waals surface area contributed by atoms with Crippen LogP contribution >= 0.6 is 0 Å². The van der Waals surface area contributed by atoms with Gasteiger partial charge in [0.25, 0.3) is 5.89 Å². The number of alkyl halides is 3. The number of rotatable bonds is 2. The molecule has 2 saturated heterocycles. The number of carbonyl (C=O) groups excluding carboxylic acids is 3. The number of imide groups is 2. The number of ether oxygens (including phenoxy) is 1. The second-order valence-corrected chi connectivity index (χ2v) is 9.98. The summed E-state index contributed by atoms with van der Waals surface area (Å²) in [6.45, 7) is 4.11. The number of aromatic nitrogens is 2. The van der Waals surface area contributed by atoms with Gasteiger partial charge in [-0.25, -0.2) is 4.79 Å². The van der Waals surface area contributed by atoms with Gasteiger partial charge in [-0.1, -0.05) is 5.16 Å². The lowest BCUT2D eigenvalue weighted by Crippen LogP contribution is -2.75. The van der Waals surface area contributed by atoms with Gasteiger partial charge < -0.3 is 14.2 Å². The van der Waals surface area contributed by atoms with E-state index in [0.29, 0.717) is 23.2 Å². The molecule has 0 radical (unpaired) electrons. The zero-order chi connectivity index (χ0) is 27.7. The number of halogens is 3. The van der Waals surface area contributed by atoms with Gasteiger partial charge in [-0.15, -0.1) is 0 Å². The minimum atomic E-state index is -4.46. The number of nitrogens with one attached hydrogen (secondary N) is 2. The van der Waals surface area contributed by atoms with Gasteiger partial charge in [0.05, 0.1) is 23.8 Å². The van der Waals surface area contributed by atoms with Gasteiger partial charge in [-0.05, 0) is 68.3 Å². The van der Waals surface area contributed by atoms with Crippen LogP contribution in [0.3, 0.4) is 0 Å². The van der Waals surface area contributed by atoms with Crippen LogP contribution < -0.4 is 15.5 Å². The lowest BCUT2D eigenvalue weighted by atomic mass is 9.66. The third-order valence-corrected chi connectivity index (χ3v) is 7.45. The molecule has 1 spiro atoms. The Hall–Kier alpha value is -4.26. The minimum absolute atomic E-state index is 0.00597. The average Bonchev–Trinajstić information content (AvgIpc) is 3.36. The summed E-state index contributed by atoms with van der Waals surface area (Å²) in [6, 6.07) is 8.19. The van der Waals surface area contributed by atoms with Crippen molar-refractivity contribution in [2.75, 3.05) is 11.4 Å². The fourth-order valence-corrected chi connectivity index (χ4v) is 5.85. The molecule has 4 amide bonds. The van der Waals surface area contributed by atoms with Crippen LogP contribution in [0.15, 0.2) is 47.0 Å². The van der Waals surface area contributed by atoms with Crippen LogP contribution in [0.2, 0.25) is 0 Å². The van der Waals surface area contributed by atoms with Crippen molar-refractivity contribution in [1.82, 2.24) is 20.8 Å². The Labute approximate surface area is 219 Å². The number of barbiturate groups is 1. The number of hydrogen-bond donors (Lipinski definition) is 2. The Balaban J connectivity index is 1.38. The number of fused-ring (bicyclic) bond motifs is 4. The second kappa shape index (κ2) is 8.63. The van der Waals surface area contributed by atoms with Crippen molar-refractivity contribution >= 4 is 23.5 Å². The third-order valence-electron chi connectivity index (χ3n) is 7.45. The maximum atomic E-state index is 13.3. The molecule has 39 heavy (non-hydrogen) atoms. The van der Waals surface area contributed by atoms with Crippen molar-refractivity contribution in [3.63, 3.8) is 0 Å². The van der Waals surface area contributed by atoms with E-state index in [1.807, 2.05) is 17.9 Å². The van der Waals surface area contributed by atoms with Crippen LogP contribution in [-0.4, -0.2) is 52.8 Å². The van der Waals surface area contributed by atoms with Crippen LogP contribution in [0.5, 0.6) is 0 Å². The van der Waals surface area contributed by atoms with E-state index >= 15 is 0 Å². The molecule has 13 heteroatoms. The standard InChI is InChI=1S/C26H22F3N5O5/c1-12-11-34-18-8-5-15(20-30-21(39-33-20)14-3-6-17(7-4-14)26(27,28)29)9-16(18)10-25(19(34)13(2)38-12)22(35)31-24(37)32-23(25)36/h3-9,12-13,19H,10-11H2,1-2H3,(H2,31,32,35,36,37)/t12-,13+,19-/m1/s1. The normalized spacial score (nSPS) is 24.2. The predicted octanol–water partition coefficient (Wildman–Crippen LogP) is 3.31. The Kier molecular flexibility index (Phi) is 5.54. The highest BCUT2D eigenvalue weighted by molar-refractivity contribution is 6.20. The molecule has 0 bridgehead atoms. The summed E-state index contributed by atoms with van der Waals surface area (Å²) in [4.78, 5) is 44.8. The van der Waals surface area contributed by atoms with E-state index in [4.69, 9.17) is 9.26 Å². The number of carbonyl (C=O) groups is 3. The zero-order valence-corrected chi connectivity index (χ0v) is 20.7. The van der Waals surface area contributed by atoms with Gasteiger partial charge in [-0.3, -0.25) is 20.2 Å². The Morgan fingerprint density at radius 2 is 1.67 bits per heavy atom. The quantitative estimate of drug-likeness (QED) is 0.474. The van der Waals surface area contributed by atoms with Crippen molar-refractivity contribution in [2.24, 2.45) is 5.41 Å². The number of urea groups is 1. The molecule has 202 valence electrons. The first-order chi connectivity index (χ1) is 18.5. The van der Waals surface area contributed by atoms with E-state index in [-0.39, 0.29) is 24.2 Å². The predicted molar refractivity (Wildman–Crippen MR) is 129 cm³/mol. The van der Waals surface area contributed by atoms with E-state index < -0.39 is 47.1 Å². The number of anilines is 1. The summed E-state index contributed by atoms with van der Waals surface area (Å²) in [5.41, 5.74) is -0.116. The molecule has 0 aliphatic carbocycles. The number of hydrogen-bond acceptors (Lipinski definition) is 8. The summed E-state index contributed by atoms with van der Waals surface area (Å²) in [5, 5.41) is 8.48. The third kappa shape index (κ3) is 3.95. The van der Waals surface area contributed by atoms with Gasteiger partial charge in [0.15, 0.2) is 5.41 Å². The Bertz CT molecular complexity index is 1480. The van der Waals surface area contributed by atoms with Gasteiger partial charge in [0.1, 0.15) is 0 Å². The van der Waals surface area contributed by atoms with Crippen molar-refractivity contribution < 1.29 is 36.8 Å². The second-order valence-electron chi connectivity index (χ2n) is 9.98. The minimum Gasteiger partial charge on any atom is -0.372 e. The van der Waals surface area contributed by atoms with E-state index in [1.54, 1.807) is 19.1 Å². The number of morpholine rings is 1. The Morgan fingerprint density at radius 3 is 2.33 bits per heavy atom. The van der Waals surface area contributed by atoms with Crippen LogP contribution in [0.4, 0.5) is 23.7 Å². The molecule has 3 aromatic rings. The molecule has 1 aromatic heterocycles. The average molecular weight is 541 g/mol. The Morgan fingerprint density at radius 1 is 1.00 bits per heavy atom. The topological polar surface area (TPSA) is 127 Å². The summed E-state index contributed by atoms with van der Waals surface area (Å²) in [7, 11) is 0. The smallest absolute Gasteiger partial charge is 0.372 e. The molecular weight excluding hydrogens is 519 g/mol. The summed E-state index contributed by atoms with van der Waals surface area (Å²) >= 11 is 0. The molecule has 2 aromatic carbocycles. The first kappa shape index (κ1) is 25.0. The number of nitrogens with zero attached hydrogens (tertiary/aromatic N) is 3. The number of amides is 4. The molecule has 3 atom stereocenters.